The summed E-state index contributed by atoms with van der Waals surface area (Å²) in [5, 5.41) is 10.7. The molecule has 3 rings (SSSR count). The van der Waals surface area contributed by atoms with Gasteiger partial charge in [-0.2, -0.15) is 0 Å². The second-order valence-corrected chi connectivity index (χ2v) is 6.25. The molecule has 0 spiro atoms. The average Bonchev–Trinajstić information content (AvgIpc) is 2.67. The number of non-ortho nitro benzene ring substituents is 1. The van der Waals surface area contributed by atoms with Crippen LogP contribution in [0.3, 0.4) is 0 Å². The van der Waals surface area contributed by atoms with Crippen molar-refractivity contribution in [2.75, 3.05) is 31.1 Å². The number of aryl methyl sites for hydroxylation is 1. The van der Waals surface area contributed by atoms with Crippen molar-refractivity contribution < 1.29 is 14.5 Å². The number of benzene rings is 2. The second-order valence-electron chi connectivity index (χ2n) is 6.25. The van der Waals surface area contributed by atoms with E-state index in [4.69, 9.17) is 0 Å². The smallest absolute Gasteiger partial charge is 0.295 e. The number of rotatable bonds is 4. The molecule has 2 aromatic rings. The number of anilines is 1. The Bertz CT molecular complexity index is 823. The van der Waals surface area contributed by atoms with E-state index in [-0.39, 0.29) is 5.69 Å². The zero-order chi connectivity index (χ0) is 18.7. The predicted molar refractivity (Wildman–Crippen MR) is 97.4 cm³/mol. The highest BCUT2D eigenvalue weighted by molar-refractivity contribution is 6.42. The molecule has 0 radical (unpaired) electrons. The second kappa shape index (κ2) is 7.35. The Labute approximate surface area is 151 Å². The number of carbonyl (C=O) groups is 2. The Morgan fingerprint density at radius 1 is 0.923 bits per heavy atom. The largest absolute Gasteiger partial charge is 0.368 e. The van der Waals surface area contributed by atoms with Gasteiger partial charge in [-0.1, -0.05) is 29.8 Å². The van der Waals surface area contributed by atoms with Crippen molar-refractivity contribution >= 4 is 23.1 Å². The van der Waals surface area contributed by atoms with Crippen LogP contribution in [-0.2, 0) is 4.79 Å². The summed E-state index contributed by atoms with van der Waals surface area (Å²) in [7, 11) is 0. The molecule has 1 amide bonds. The van der Waals surface area contributed by atoms with Crippen molar-refractivity contribution in [3.63, 3.8) is 0 Å². The lowest BCUT2D eigenvalue weighted by Crippen LogP contribution is -2.50. The molecule has 0 aliphatic carbocycles. The van der Waals surface area contributed by atoms with E-state index in [0.717, 1.165) is 11.3 Å². The maximum atomic E-state index is 12.4. The number of nitrogens with zero attached hydrogens (tertiary/aromatic N) is 3. The molecule has 1 aliphatic heterocycles. The van der Waals surface area contributed by atoms with Gasteiger partial charge in [0.25, 0.3) is 11.6 Å². The summed E-state index contributed by atoms with van der Waals surface area (Å²) in [6, 6.07) is 13.3. The molecule has 2 aromatic carbocycles. The summed E-state index contributed by atoms with van der Waals surface area (Å²) in [5.41, 5.74) is 2.35. The van der Waals surface area contributed by atoms with E-state index < -0.39 is 16.6 Å². The van der Waals surface area contributed by atoms with Crippen molar-refractivity contribution in [2.45, 2.75) is 6.92 Å². The van der Waals surface area contributed by atoms with Crippen molar-refractivity contribution in [3.8, 4) is 0 Å². The lowest BCUT2D eigenvalue weighted by Gasteiger charge is -2.35. The Balaban J connectivity index is 1.60. The molecule has 7 nitrogen and oxygen atoms in total. The first-order valence-electron chi connectivity index (χ1n) is 8.35. The minimum absolute atomic E-state index is 0.0475. The third kappa shape index (κ3) is 3.72. The van der Waals surface area contributed by atoms with Crippen molar-refractivity contribution in [2.24, 2.45) is 0 Å². The molecule has 0 bridgehead atoms. The Kier molecular flexibility index (Phi) is 4.97. The van der Waals surface area contributed by atoms with Crippen LogP contribution in [-0.4, -0.2) is 47.7 Å². The number of carbonyl (C=O) groups excluding carboxylic acids is 2. The Morgan fingerprint density at radius 3 is 2.04 bits per heavy atom. The SMILES string of the molecule is Cc1ccc(C(=O)C(=O)N2CCN(c3ccc([N+](=O)[O-])cc3)CC2)cc1. The summed E-state index contributed by atoms with van der Waals surface area (Å²) >= 11 is 0. The molecular formula is C19H19N3O4. The van der Waals surface area contributed by atoms with Gasteiger partial charge in [0.15, 0.2) is 0 Å². The fourth-order valence-corrected chi connectivity index (χ4v) is 2.92. The quantitative estimate of drug-likeness (QED) is 0.365. The fourth-order valence-electron chi connectivity index (χ4n) is 2.92. The van der Waals surface area contributed by atoms with Gasteiger partial charge >= 0.3 is 0 Å². The maximum absolute atomic E-state index is 12.4. The number of amides is 1. The highest BCUT2D eigenvalue weighted by Crippen LogP contribution is 2.21. The number of piperazine rings is 1. The Hall–Kier alpha value is -3.22. The minimum Gasteiger partial charge on any atom is -0.368 e. The van der Waals surface area contributed by atoms with E-state index in [1.54, 1.807) is 29.2 Å². The van der Waals surface area contributed by atoms with Crippen LogP contribution < -0.4 is 4.90 Å². The van der Waals surface area contributed by atoms with Crippen LogP contribution in [0.15, 0.2) is 48.5 Å². The van der Waals surface area contributed by atoms with Gasteiger partial charge in [-0.3, -0.25) is 19.7 Å². The number of Topliss-reactive ketones (excluding diaryl/α,β-unsaturated/α-hetero) is 1. The molecule has 0 unspecified atom stereocenters. The van der Waals surface area contributed by atoms with Crippen molar-refractivity contribution in [1.82, 2.24) is 4.90 Å². The third-order valence-corrected chi connectivity index (χ3v) is 4.50. The normalized spacial score (nSPS) is 14.2. The zero-order valence-corrected chi connectivity index (χ0v) is 14.4. The third-order valence-electron chi connectivity index (χ3n) is 4.50. The molecule has 7 heteroatoms. The van der Waals surface area contributed by atoms with Crippen LogP contribution in [0, 0.1) is 17.0 Å². The van der Waals surface area contributed by atoms with Crippen LogP contribution >= 0.6 is 0 Å². The first-order valence-corrected chi connectivity index (χ1v) is 8.35. The van der Waals surface area contributed by atoms with Gasteiger partial charge in [0, 0.05) is 49.6 Å². The summed E-state index contributed by atoms with van der Waals surface area (Å²) in [6.45, 7) is 3.95. The fraction of sp³-hybridized carbons (Fsp3) is 0.263. The van der Waals surface area contributed by atoms with Crippen LogP contribution in [0.4, 0.5) is 11.4 Å². The molecule has 0 N–H and O–H groups in total. The molecule has 0 atom stereocenters. The molecule has 1 aliphatic rings. The van der Waals surface area contributed by atoms with Gasteiger partial charge in [-0.05, 0) is 19.1 Å². The van der Waals surface area contributed by atoms with Crippen molar-refractivity contribution in [3.05, 3.63) is 69.8 Å². The summed E-state index contributed by atoms with van der Waals surface area (Å²) in [6.07, 6.45) is 0. The molecule has 134 valence electrons. The van der Waals surface area contributed by atoms with Gasteiger partial charge in [0.05, 0.1) is 4.92 Å². The molecular weight excluding hydrogens is 334 g/mol. The Morgan fingerprint density at radius 2 is 1.50 bits per heavy atom. The average molecular weight is 353 g/mol. The monoisotopic (exact) mass is 353 g/mol. The first-order chi connectivity index (χ1) is 12.5. The van der Waals surface area contributed by atoms with Gasteiger partial charge < -0.3 is 9.80 Å². The molecule has 0 aromatic heterocycles. The maximum Gasteiger partial charge on any atom is 0.295 e. The summed E-state index contributed by atoms with van der Waals surface area (Å²) in [4.78, 5) is 38.7. The number of ketones is 1. The molecule has 0 saturated carbocycles. The number of nitro groups is 1. The van der Waals surface area contributed by atoms with E-state index in [1.165, 1.54) is 12.1 Å². The van der Waals surface area contributed by atoms with E-state index in [9.17, 15) is 19.7 Å². The van der Waals surface area contributed by atoms with E-state index >= 15 is 0 Å². The zero-order valence-electron chi connectivity index (χ0n) is 14.4. The van der Waals surface area contributed by atoms with Gasteiger partial charge in [-0.25, -0.2) is 0 Å². The standard InChI is InChI=1S/C19H19N3O4/c1-14-2-4-15(5-3-14)18(23)19(24)21-12-10-20(11-13-21)16-6-8-17(9-7-16)22(25)26/h2-9H,10-13H2,1H3. The van der Waals surface area contributed by atoms with Crippen LogP contribution in [0.2, 0.25) is 0 Å². The first kappa shape index (κ1) is 17.6. The summed E-state index contributed by atoms with van der Waals surface area (Å²) < 4.78 is 0. The molecule has 1 saturated heterocycles. The van der Waals surface area contributed by atoms with Crippen molar-refractivity contribution in [1.29, 1.82) is 0 Å². The minimum atomic E-state index is -0.492. The van der Waals surface area contributed by atoms with Crippen LogP contribution in [0.1, 0.15) is 15.9 Å². The van der Waals surface area contributed by atoms with Gasteiger partial charge in [0.1, 0.15) is 0 Å². The number of nitro benzene ring substituents is 1. The van der Waals surface area contributed by atoms with E-state index in [2.05, 4.69) is 0 Å². The lowest BCUT2D eigenvalue weighted by atomic mass is 10.1. The van der Waals surface area contributed by atoms with E-state index in [0.29, 0.717) is 31.7 Å². The molecule has 1 fully saturated rings. The predicted octanol–water partition coefficient (Wildman–Crippen LogP) is 2.43. The highest BCUT2D eigenvalue weighted by atomic mass is 16.6. The topological polar surface area (TPSA) is 83.8 Å². The van der Waals surface area contributed by atoms with Gasteiger partial charge in [-0.15, -0.1) is 0 Å². The number of hydrogen-bond donors (Lipinski definition) is 0. The highest BCUT2D eigenvalue weighted by Gasteiger charge is 2.27. The van der Waals surface area contributed by atoms with Crippen LogP contribution in [0.25, 0.3) is 0 Å². The van der Waals surface area contributed by atoms with Gasteiger partial charge in [0.2, 0.25) is 5.78 Å². The lowest BCUT2D eigenvalue weighted by molar-refractivity contribution is -0.384. The number of hydrogen-bond acceptors (Lipinski definition) is 5. The van der Waals surface area contributed by atoms with Crippen LogP contribution in [0.5, 0.6) is 0 Å². The van der Waals surface area contributed by atoms with E-state index in [1.807, 2.05) is 24.0 Å². The molecule has 26 heavy (non-hydrogen) atoms. The summed E-state index contributed by atoms with van der Waals surface area (Å²) in [5.74, 6) is -0.981. The molecule has 1 heterocycles.